The molecule has 0 spiro atoms. The minimum Gasteiger partial charge on any atom is -0.298 e. The summed E-state index contributed by atoms with van der Waals surface area (Å²) in [6.45, 7) is 0. The van der Waals surface area contributed by atoms with Crippen molar-refractivity contribution in [3.8, 4) is 0 Å². The Morgan fingerprint density at radius 1 is 1.11 bits per heavy atom. The molecule has 2 fully saturated rings. The summed E-state index contributed by atoms with van der Waals surface area (Å²) in [5, 5.41) is -0.722. The predicted octanol–water partition coefficient (Wildman–Crippen LogP) is 2.33. The van der Waals surface area contributed by atoms with Gasteiger partial charge in [-0.1, -0.05) is 36.8 Å². The zero-order valence-electron chi connectivity index (χ0n) is 10.8. The van der Waals surface area contributed by atoms with Gasteiger partial charge in [-0.3, -0.25) is 4.79 Å². The lowest BCUT2D eigenvalue weighted by molar-refractivity contribution is -0.120. The fourth-order valence-corrected chi connectivity index (χ4v) is 5.04. The lowest BCUT2D eigenvalue weighted by Gasteiger charge is -2.21. The van der Waals surface area contributed by atoms with E-state index < -0.39 is 15.1 Å². The van der Waals surface area contributed by atoms with E-state index in [9.17, 15) is 13.2 Å². The Kier molecular flexibility index (Phi) is 3.21. The Morgan fingerprint density at radius 3 is 2.53 bits per heavy atom. The molecule has 0 N–H and O–H groups in total. The van der Waals surface area contributed by atoms with E-state index in [4.69, 9.17) is 0 Å². The van der Waals surface area contributed by atoms with Crippen LogP contribution in [0.15, 0.2) is 30.3 Å². The van der Waals surface area contributed by atoms with Gasteiger partial charge in [-0.25, -0.2) is 8.42 Å². The summed E-state index contributed by atoms with van der Waals surface area (Å²) < 4.78 is 24.0. The number of sulfone groups is 1. The van der Waals surface area contributed by atoms with Crippen molar-refractivity contribution in [2.45, 2.75) is 36.9 Å². The SMILES string of the molecule is O=C(C1CC1c1ccccc1)C1CCCCS1(=O)=O. The molecule has 1 aromatic rings. The van der Waals surface area contributed by atoms with Crippen LogP contribution >= 0.6 is 0 Å². The average molecular weight is 278 g/mol. The maximum Gasteiger partial charge on any atom is 0.160 e. The van der Waals surface area contributed by atoms with E-state index in [-0.39, 0.29) is 23.4 Å². The first-order valence-electron chi connectivity index (χ1n) is 6.90. The number of benzene rings is 1. The quantitative estimate of drug-likeness (QED) is 0.852. The fourth-order valence-electron chi connectivity index (χ4n) is 3.09. The first-order chi connectivity index (χ1) is 9.09. The number of Topliss-reactive ketones (excluding diaryl/α,β-unsaturated/α-hetero) is 1. The molecule has 4 heteroatoms. The van der Waals surface area contributed by atoms with Crippen molar-refractivity contribution < 1.29 is 13.2 Å². The van der Waals surface area contributed by atoms with Gasteiger partial charge in [-0.2, -0.15) is 0 Å². The minimum absolute atomic E-state index is 0.0337. The molecule has 0 amide bonds. The maximum atomic E-state index is 12.4. The highest BCUT2D eigenvalue weighted by atomic mass is 32.2. The molecular weight excluding hydrogens is 260 g/mol. The molecule has 102 valence electrons. The summed E-state index contributed by atoms with van der Waals surface area (Å²) in [6.07, 6.45) is 2.91. The zero-order chi connectivity index (χ0) is 13.5. The number of rotatable bonds is 3. The third-order valence-electron chi connectivity index (χ3n) is 4.28. The van der Waals surface area contributed by atoms with Crippen LogP contribution in [0, 0.1) is 5.92 Å². The van der Waals surface area contributed by atoms with Gasteiger partial charge in [0.15, 0.2) is 15.6 Å². The highest BCUT2D eigenvalue weighted by molar-refractivity contribution is 7.92. The molecule has 3 unspecified atom stereocenters. The molecule has 1 aliphatic carbocycles. The number of ketones is 1. The molecule has 1 saturated heterocycles. The van der Waals surface area contributed by atoms with Gasteiger partial charge in [0.1, 0.15) is 5.25 Å². The van der Waals surface area contributed by atoms with Crippen LogP contribution in [0.5, 0.6) is 0 Å². The van der Waals surface area contributed by atoms with Gasteiger partial charge in [0.25, 0.3) is 0 Å². The summed E-state index contributed by atoms with van der Waals surface area (Å²) in [6, 6.07) is 9.92. The van der Waals surface area contributed by atoms with Crippen LogP contribution in [0.1, 0.15) is 37.2 Å². The maximum absolute atomic E-state index is 12.4. The third-order valence-corrected chi connectivity index (χ3v) is 6.47. The van der Waals surface area contributed by atoms with Crippen molar-refractivity contribution in [2.24, 2.45) is 5.92 Å². The number of carbonyl (C=O) groups is 1. The van der Waals surface area contributed by atoms with Crippen LogP contribution in [0.3, 0.4) is 0 Å². The van der Waals surface area contributed by atoms with Gasteiger partial charge >= 0.3 is 0 Å². The number of carbonyl (C=O) groups excluding carboxylic acids is 1. The molecule has 1 saturated carbocycles. The highest BCUT2D eigenvalue weighted by Crippen LogP contribution is 2.49. The number of hydrogen-bond donors (Lipinski definition) is 0. The van der Waals surface area contributed by atoms with E-state index in [1.54, 1.807) is 0 Å². The molecule has 3 atom stereocenters. The van der Waals surface area contributed by atoms with Crippen LogP contribution in [0.2, 0.25) is 0 Å². The predicted molar refractivity (Wildman–Crippen MR) is 73.7 cm³/mol. The van der Waals surface area contributed by atoms with Crippen molar-refractivity contribution in [3.63, 3.8) is 0 Å². The molecular formula is C15H18O3S. The lowest BCUT2D eigenvalue weighted by atomic mass is 10.0. The van der Waals surface area contributed by atoms with Crippen molar-refractivity contribution in [1.29, 1.82) is 0 Å². The summed E-state index contributed by atoms with van der Waals surface area (Å²) >= 11 is 0. The highest BCUT2D eigenvalue weighted by Gasteiger charge is 2.49. The summed E-state index contributed by atoms with van der Waals surface area (Å²) in [5.41, 5.74) is 1.16. The second-order valence-electron chi connectivity index (χ2n) is 5.61. The average Bonchev–Trinajstić information content (AvgIpc) is 3.19. The zero-order valence-corrected chi connectivity index (χ0v) is 11.6. The van der Waals surface area contributed by atoms with Crippen LogP contribution in [0.25, 0.3) is 0 Å². The Morgan fingerprint density at radius 2 is 1.84 bits per heavy atom. The molecule has 0 bridgehead atoms. The smallest absolute Gasteiger partial charge is 0.160 e. The first-order valence-corrected chi connectivity index (χ1v) is 8.61. The molecule has 2 aliphatic rings. The molecule has 19 heavy (non-hydrogen) atoms. The summed E-state index contributed by atoms with van der Waals surface area (Å²) in [5.74, 6) is 0.325. The first kappa shape index (κ1) is 12.9. The van der Waals surface area contributed by atoms with Crippen molar-refractivity contribution >= 4 is 15.6 Å². The Hall–Kier alpha value is -1.16. The van der Waals surface area contributed by atoms with Gasteiger partial charge in [-0.05, 0) is 30.7 Å². The van der Waals surface area contributed by atoms with E-state index in [0.717, 1.165) is 18.4 Å². The van der Waals surface area contributed by atoms with Crippen molar-refractivity contribution in [3.05, 3.63) is 35.9 Å². The van der Waals surface area contributed by atoms with Gasteiger partial charge < -0.3 is 0 Å². The van der Waals surface area contributed by atoms with Crippen LogP contribution in [0.4, 0.5) is 0 Å². The molecule has 1 aliphatic heterocycles. The summed E-state index contributed by atoms with van der Waals surface area (Å²) in [7, 11) is -3.18. The Labute approximate surface area is 113 Å². The lowest BCUT2D eigenvalue weighted by Crippen LogP contribution is -2.36. The molecule has 1 aromatic carbocycles. The molecule has 3 rings (SSSR count). The third kappa shape index (κ3) is 2.46. The Balaban J connectivity index is 1.73. The van der Waals surface area contributed by atoms with Gasteiger partial charge in [0.2, 0.25) is 0 Å². The monoisotopic (exact) mass is 278 g/mol. The second kappa shape index (κ2) is 4.75. The van der Waals surface area contributed by atoms with Crippen molar-refractivity contribution in [1.82, 2.24) is 0 Å². The van der Waals surface area contributed by atoms with E-state index in [1.807, 2.05) is 30.3 Å². The van der Waals surface area contributed by atoms with Gasteiger partial charge in [0, 0.05) is 5.92 Å². The Bertz CT molecular complexity index is 577. The van der Waals surface area contributed by atoms with Crippen LogP contribution in [-0.2, 0) is 14.6 Å². The molecule has 1 heterocycles. The number of hydrogen-bond acceptors (Lipinski definition) is 3. The van der Waals surface area contributed by atoms with E-state index in [2.05, 4.69) is 0 Å². The second-order valence-corrected chi connectivity index (χ2v) is 7.92. The minimum atomic E-state index is -3.18. The van der Waals surface area contributed by atoms with Crippen molar-refractivity contribution in [2.75, 3.05) is 5.75 Å². The van der Waals surface area contributed by atoms with E-state index in [1.165, 1.54) is 0 Å². The van der Waals surface area contributed by atoms with E-state index >= 15 is 0 Å². The van der Waals surface area contributed by atoms with Crippen LogP contribution < -0.4 is 0 Å². The van der Waals surface area contributed by atoms with Gasteiger partial charge in [0.05, 0.1) is 5.75 Å². The van der Waals surface area contributed by atoms with Gasteiger partial charge in [-0.15, -0.1) is 0 Å². The topological polar surface area (TPSA) is 51.2 Å². The standard InChI is InChI=1S/C15H18O3S/c16-15(14-8-4-5-9-19(14,17)18)13-10-12(13)11-6-2-1-3-7-11/h1-3,6-7,12-14H,4-5,8-10H2. The van der Waals surface area contributed by atoms with Crippen LogP contribution in [-0.4, -0.2) is 25.2 Å². The fraction of sp³-hybridized carbons (Fsp3) is 0.533. The summed E-state index contributed by atoms with van der Waals surface area (Å²) in [4.78, 5) is 12.4. The largest absolute Gasteiger partial charge is 0.298 e. The molecule has 0 aromatic heterocycles. The van der Waals surface area contributed by atoms with E-state index in [0.29, 0.717) is 12.8 Å². The normalized spacial score (nSPS) is 32.7. The molecule has 3 nitrogen and oxygen atoms in total. The molecule has 0 radical (unpaired) electrons.